The predicted octanol–water partition coefficient (Wildman–Crippen LogP) is 3.31. The van der Waals surface area contributed by atoms with Crippen LogP contribution in [0.15, 0.2) is 10.7 Å². The number of nitrogens with two attached hydrogens (primary N) is 1. The van der Waals surface area contributed by atoms with Gasteiger partial charge in [0.2, 0.25) is 0 Å². The maximum absolute atomic E-state index is 6.59. The van der Waals surface area contributed by atoms with Crippen molar-refractivity contribution in [3.05, 3.63) is 16.4 Å². The molecule has 2 N–H and O–H groups in total. The zero-order chi connectivity index (χ0) is 13.9. The molecule has 2 rings (SSSR count). The van der Waals surface area contributed by atoms with Crippen LogP contribution >= 0.6 is 15.9 Å². The maximum atomic E-state index is 6.59. The number of aromatic nitrogens is 2. The fourth-order valence-corrected chi connectivity index (χ4v) is 3.77. The number of hydrogen-bond acceptors (Lipinski definition) is 3. The van der Waals surface area contributed by atoms with Crippen LogP contribution in [0.2, 0.25) is 0 Å². The van der Waals surface area contributed by atoms with Gasteiger partial charge < -0.3 is 10.5 Å². The van der Waals surface area contributed by atoms with Crippen LogP contribution in [-0.4, -0.2) is 22.0 Å². The molecule has 108 valence electrons. The molecule has 0 bridgehead atoms. The van der Waals surface area contributed by atoms with E-state index in [0.29, 0.717) is 6.61 Å². The van der Waals surface area contributed by atoms with E-state index in [2.05, 4.69) is 28.0 Å². The van der Waals surface area contributed by atoms with Gasteiger partial charge in [-0.2, -0.15) is 5.10 Å². The van der Waals surface area contributed by atoms with Crippen molar-refractivity contribution in [3.8, 4) is 0 Å². The molecule has 1 fully saturated rings. The molecule has 1 aliphatic carbocycles. The van der Waals surface area contributed by atoms with Gasteiger partial charge in [0, 0.05) is 13.7 Å². The third-order valence-corrected chi connectivity index (χ3v) is 4.79. The average molecular weight is 330 g/mol. The largest absolute Gasteiger partial charge is 0.373 e. The molecule has 0 aromatic carbocycles. The first-order valence-electron chi connectivity index (χ1n) is 7.17. The minimum absolute atomic E-state index is 0.132. The van der Waals surface area contributed by atoms with Crippen molar-refractivity contribution >= 4 is 15.9 Å². The highest BCUT2D eigenvalue weighted by molar-refractivity contribution is 9.10. The highest BCUT2D eigenvalue weighted by atomic mass is 79.9. The van der Waals surface area contributed by atoms with Gasteiger partial charge in [0.15, 0.2) is 0 Å². The molecule has 0 aliphatic heterocycles. The van der Waals surface area contributed by atoms with Gasteiger partial charge in [-0.3, -0.25) is 4.68 Å². The fourth-order valence-electron chi connectivity index (χ4n) is 3.18. The Morgan fingerprint density at radius 1 is 1.42 bits per heavy atom. The van der Waals surface area contributed by atoms with Crippen LogP contribution in [0.1, 0.15) is 57.2 Å². The van der Waals surface area contributed by atoms with Gasteiger partial charge in [-0.25, -0.2) is 0 Å². The third-order valence-electron chi connectivity index (χ3n) is 4.18. The molecule has 4 nitrogen and oxygen atoms in total. The smallest absolute Gasteiger partial charge is 0.0889 e. The predicted molar refractivity (Wildman–Crippen MR) is 79.9 cm³/mol. The van der Waals surface area contributed by atoms with Crippen molar-refractivity contribution < 1.29 is 4.74 Å². The van der Waals surface area contributed by atoms with Crippen LogP contribution in [0, 0.1) is 0 Å². The highest BCUT2D eigenvalue weighted by Crippen LogP contribution is 2.40. The number of ether oxygens (including phenoxy) is 1. The van der Waals surface area contributed by atoms with Gasteiger partial charge >= 0.3 is 0 Å². The molecule has 1 unspecified atom stereocenters. The molecular formula is C14H24BrN3O. The lowest BCUT2D eigenvalue weighted by atomic mass is 9.84. The van der Waals surface area contributed by atoms with Crippen molar-refractivity contribution in [1.82, 2.24) is 9.78 Å². The summed E-state index contributed by atoms with van der Waals surface area (Å²) in [6, 6.07) is -0.132. The van der Waals surface area contributed by atoms with Crippen LogP contribution in [-0.2, 0) is 11.8 Å². The van der Waals surface area contributed by atoms with E-state index in [0.717, 1.165) is 23.0 Å². The van der Waals surface area contributed by atoms with E-state index < -0.39 is 0 Å². The van der Waals surface area contributed by atoms with E-state index in [1.807, 2.05) is 17.9 Å². The highest BCUT2D eigenvalue weighted by Gasteiger charge is 2.40. The Kier molecular flexibility index (Phi) is 5.03. The summed E-state index contributed by atoms with van der Waals surface area (Å²) in [7, 11) is 1.94. The van der Waals surface area contributed by atoms with E-state index in [9.17, 15) is 0 Å². The van der Waals surface area contributed by atoms with E-state index >= 15 is 0 Å². The van der Waals surface area contributed by atoms with Crippen LogP contribution in [0.25, 0.3) is 0 Å². The summed E-state index contributed by atoms with van der Waals surface area (Å²) in [5.41, 5.74) is 7.39. The average Bonchev–Trinajstić information content (AvgIpc) is 2.61. The SMILES string of the molecule is CCOC1(C(N)c2c(Br)cnn2C)CCCCCC1. The van der Waals surface area contributed by atoms with E-state index in [1.54, 1.807) is 0 Å². The van der Waals surface area contributed by atoms with E-state index in [-0.39, 0.29) is 11.6 Å². The quantitative estimate of drug-likeness (QED) is 0.862. The minimum Gasteiger partial charge on any atom is -0.373 e. The molecule has 1 heterocycles. The monoisotopic (exact) mass is 329 g/mol. The summed E-state index contributed by atoms with van der Waals surface area (Å²) in [6.07, 6.45) is 8.86. The summed E-state index contributed by atoms with van der Waals surface area (Å²) in [6.45, 7) is 2.76. The zero-order valence-corrected chi connectivity index (χ0v) is 13.4. The van der Waals surface area contributed by atoms with Crippen molar-refractivity contribution in [1.29, 1.82) is 0 Å². The van der Waals surface area contributed by atoms with Gasteiger partial charge in [-0.1, -0.05) is 25.7 Å². The van der Waals surface area contributed by atoms with Crippen LogP contribution in [0.5, 0.6) is 0 Å². The van der Waals surface area contributed by atoms with Crippen molar-refractivity contribution in [3.63, 3.8) is 0 Å². The Hall–Kier alpha value is -0.390. The molecular weight excluding hydrogens is 306 g/mol. The van der Waals surface area contributed by atoms with Crippen LogP contribution < -0.4 is 5.73 Å². The summed E-state index contributed by atoms with van der Waals surface area (Å²) in [4.78, 5) is 0. The van der Waals surface area contributed by atoms with E-state index in [4.69, 9.17) is 10.5 Å². The molecule has 0 spiro atoms. The first kappa shape index (κ1) is 15.0. The molecule has 0 radical (unpaired) electrons. The van der Waals surface area contributed by atoms with Crippen molar-refractivity contribution in [2.24, 2.45) is 12.8 Å². The molecule has 1 aromatic rings. The second-order valence-electron chi connectivity index (χ2n) is 5.39. The number of aryl methyl sites for hydroxylation is 1. The Morgan fingerprint density at radius 2 is 2.05 bits per heavy atom. The maximum Gasteiger partial charge on any atom is 0.0889 e. The van der Waals surface area contributed by atoms with Gasteiger partial charge in [0.1, 0.15) is 0 Å². The van der Waals surface area contributed by atoms with Crippen LogP contribution in [0.4, 0.5) is 0 Å². The summed E-state index contributed by atoms with van der Waals surface area (Å²) in [5, 5.41) is 4.28. The molecule has 1 aromatic heterocycles. The Labute approximate surface area is 123 Å². The van der Waals surface area contributed by atoms with Gasteiger partial charge in [-0.15, -0.1) is 0 Å². The molecule has 1 atom stereocenters. The summed E-state index contributed by atoms with van der Waals surface area (Å²) >= 11 is 3.56. The van der Waals surface area contributed by atoms with Crippen molar-refractivity contribution in [2.45, 2.75) is 57.1 Å². The zero-order valence-electron chi connectivity index (χ0n) is 11.9. The van der Waals surface area contributed by atoms with Gasteiger partial charge in [0.05, 0.1) is 28.0 Å². The standard InChI is InChI=1S/C14H24BrN3O/c1-3-19-14(8-6-4-5-7-9-14)13(16)12-11(15)10-17-18(12)2/h10,13H,3-9,16H2,1-2H3. The minimum atomic E-state index is -0.235. The molecule has 1 aliphatic rings. The summed E-state index contributed by atoms with van der Waals surface area (Å²) < 4.78 is 9.00. The topological polar surface area (TPSA) is 53.1 Å². The number of rotatable bonds is 4. The second-order valence-corrected chi connectivity index (χ2v) is 6.25. The Bertz CT molecular complexity index is 391. The molecule has 5 heteroatoms. The lowest BCUT2D eigenvalue weighted by Crippen LogP contribution is -2.44. The van der Waals surface area contributed by atoms with Gasteiger partial charge in [-0.05, 0) is 35.7 Å². The first-order valence-corrected chi connectivity index (χ1v) is 7.97. The van der Waals surface area contributed by atoms with E-state index in [1.165, 1.54) is 25.7 Å². The number of nitrogens with zero attached hydrogens (tertiary/aromatic N) is 2. The molecule has 19 heavy (non-hydrogen) atoms. The lowest BCUT2D eigenvalue weighted by molar-refractivity contribution is -0.0712. The lowest BCUT2D eigenvalue weighted by Gasteiger charge is -2.38. The normalized spacial score (nSPS) is 21.1. The first-order chi connectivity index (χ1) is 9.10. The number of hydrogen-bond donors (Lipinski definition) is 1. The fraction of sp³-hybridized carbons (Fsp3) is 0.786. The molecule has 1 saturated carbocycles. The second kappa shape index (κ2) is 6.37. The third kappa shape index (κ3) is 3.03. The Morgan fingerprint density at radius 3 is 2.53 bits per heavy atom. The molecule has 0 saturated heterocycles. The summed E-state index contributed by atoms with van der Waals surface area (Å²) in [5.74, 6) is 0. The molecule has 0 amide bonds. The number of halogens is 1. The van der Waals surface area contributed by atoms with Crippen molar-refractivity contribution in [2.75, 3.05) is 6.61 Å². The van der Waals surface area contributed by atoms with Crippen LogP contribution in [0.3, 0.4) is 0 Å². The Balaban J connectivity index is 2.32. The van der Waals surface area contributed by atoms with Gasteiger partial charge in [0.25, 0.3) is 0 Å².